The highest BCUT2D eigenvalue weighted by molar-refractivity contribution is 7.22. The first-order valence-corrected chi connectivity index (χ1v) is 14.9. The molecule has 198 valence electrons. The van der Waals surface area contributed by atoms with Crippen LogP contribution in [0.15, 0.2) is 109 Å². The van der Waals surface area contributed by atoms with Crippen molar-refractivity contribution in [1.82, 2.24) is 0 Å². The van der Waals surface area contributed by atoms with Gasteiger partial charge in [-0.2, -0.15) is 0 Å². The van der Waals surface area contributed by atoms with E-state index in [1.807, 2.05) is 34.8 Å². The summed E-state index contributed by atoms with van der Waals surface area (Å²) in [6.07, 6.45) is 6.68. The zero-order chi connectivity index (χ0) is 25.9. The Bertz CT molecular complexity index is 1280. The number of benzene rings is 3. The fourth-order valence-corrected chi connectivity index (χ4v) is 6.24. The Morgan fingerprint density at radius 2 is 1.11 bits per heavy atom. The van der Waals surface area contributed by atoms with Gasteiger partial charge in [0.05, 0.1) is 0 Å². The number of aryl methyl sites for hydroxylation is 3. The molecular formula is C35H41NS2. The molecule has 2 aromatic heterocycles. The summed E-state index contributed by atoms with van der Waals surface area (Å²) >= 11 is 3.86. The van der Waals surface area contributed by atoms with Crippen LogP contribution >= 0.6 is 22.7 Å². The van der Waals surface area contributed by atoms with Crippen LogP contribution in [0.3, 0.4) is 0 Å². The summed E-state index contributed by atoms with van der Waals surface area (Å²) in [5.74, 6) is 0. The molecule has 5 aromatic rings. The molecule has 2 heterocycles. The van der Waals surface area contributed by atoms with Gasteiger partial charge in [-0.3, -0.25) is 0 Å². The SMILES string of the molecule is C.CCCCCCc1ccc(-c2ccc(C)s2)s1.Cc1ccc(N(c2ccccc2)c2ccccc2)cc1. The van der Waals surface area contributed by atoms with Crippen molar-refractivity contribution in [2.24, 2.45) is 0 Å². The summed E-state index contributed by atoms with van der Waals surface area (Å²) in [5, 5.41) is 0. The minimum Gasteiger partial charge on any atom is -0.311 e. The van der Waals surface area contributed by atoms with Crippen LogP contribution in [-0.4, -0.2) is 0 Å². The summed E-state index contributed by atoms with van der Waals surface area (Å²) < 4.78 is 0. The minimum absolute atomic E-state index is 0. The summed E-state index contributed by atoms with van der Waals surface area (Å²) in [4.78, 5) is 8.07. The van der Waals surface area contributed by atoms with Gasteiger partial charge in [-0.05, 0) is 87.4 Å². The second-order valence-electron chi connectivity index (χ2n) is 9.33. The summed E-state index contributed by atoms with van der Waals surface area (Å²) in [6, 6.07) is 38.5. The van der Waals surface area contributed by atoms with Crippen molar-refractivity contribution in [3.05, 3.63) is 125 Å². The lowest BCUT2D eigenvalue weighted by Crippen LogP contribution is -2.09. The standard InChI is InChI=1S/C19H17N.C15H20S2.CH4/c1-16-12-14-19(15-13-16)20(17-8-4-2-5-9-17)18-10-6-3-7-11-18;1-3-4-5-6-7-13-9-11-15(17-13)14-10-8-12(2)16-14;/h2-15H,1H3;8-11H,3-7H2,1-2H3;1H4. The van der Waals surface area contributed by atoms with Gasteiger partial charge in [0.25, 0.3) is 0 Å². The molecular weight excluding hydrogens is 499 g/mol. The van der Waals surface area contributed by atoms with E-state index >= 15 is 0 Å². The van der Waals surface area contributed by atoms with Crippen LogP contribution in [0.2, 0.25) is 0 Å². The number of hydrogen-bond acceptors (Lipinski definition) is 3. The van der Waals surface area contributed by atoms with Crippen LogP contribution in [-0.2, 0) is 6.42 Å². The van der Waals surface area contributed by atoms with Crippen LogP contribution < -0.4 is 4.90 Å². The summed E-state index contributed by atoms with van der Waals surface area (Å²) in [6.45, 7) is 6.55. The lowest BCUT2D eigenvalue weighted by molar-refractivity contribution is 0.670. The molecule has 3 heteroatoms. The fourth-order valence-electron chi connectivity index (χ4n) is 4.23. The van der Waals surface area contributed by atoms with E-state index in [-0.39, 0.29) is 7.43 Å². The molecule has 0 amide bonds. The number of para-hydroxylation sites is 2. The number of hydrogen-bond donors (Lipinski definition) is 0. The Hall–Kier alpha value is -3.14. The third kappa shape index (κ3) is 8.44. The van der Waals surface area contributed by atoms with E-state index in [1.165, 1.54) is 69.4 Å². The average molecular weight is 540 g/mol. The first-order chi connectivity index (χ1) is 18.1. The maximum Gasteiger partial charge on any atom is 0.0461 e. The van der Waals surface area contributed by atoms with Gasteiger partial charge >= 0.3 is 0 Å². The molecule has 0 saturated carbocycles. The van der Waals surface area contributed by atoms with Gasteiger partial charge in [0.15, 0.2) is 0 Å². The van der Waals surface area contributed by atoms with Crippen molar-refractivity contribution in [2.45, 2.75) is 60.3 Å². The van der Waals surface area contributed by atoms with Gasteiger partial charge in [-0.1, -0.05) is 87.7 Å². The number of anilines is 3. The van der Waals surface area contributed by atoms with Crippen LogP contribution in [0.25, 0.3) is 9.75 Å². The second-order valence-corrected chi connectivity index (χ2v) is 11.8. The molecule has 0 N–H and O–H groups in total. The predicted molar refractivity (Wildman–Crippen MR) is 173 cm³/mol. The van der Waals surface area contributed by atoms with Gasteiger partial charge in [-0.25, -0.2) is 0 Å². The topological polar surface area (TPSA) is 3.24 Å². The van der Waals surface area contributed by atoms with E-state index in [1.54, 1.807) is 4.88 Å². The van der Waals surface area contributed by atoms with E-state index in [4.69, 9.17) is 0 Å². The average Bonchev–Trinajstić information content (AvgIpc) is 3.59. The maximum atomic E-state index is 2.31. The number of nitrogens with zero attached hydrogens (tertiary/aromatic N) is 1. The molecule has 0 aliphatic heterocycles. The molecule has 0 aliphatic rings. The molecule has 0 spiro atoms. The van der Waals surface area contributed by atoms with Gasteiger partial charge in [0, 0.05) is 36.6 Å². The van der Waals surface area contributed by atoms with E-state index in [2.05, 4.69) is 123 Å². The van der Waals surface area contributed by atoms with Crippen LogP contribution in [0.1, 0.15) is 55.4 Å². The molecule has 5 rings (SSSR count). The van der Waals surface area contributed by atoms with Crippen LogP contribution in [0.4, 0.5) is 17.1 Å². The zero-order valence-corrected chi connectivity index (χ0v) is 23.8. The number of rotatable bonds is 9. The van der Waals surface area contributed by atoms with Crippen LogP contribution in [0.5, 0.6) is 0 Å². The van der Waals surface area contributed by atoms with Gasteiger partial charge in [0.1, 0.15) is 0 Å². The number of thiophene rings is 2. The van der Waals surface area contributed by atoms with Gasteiger partial charge in [0.2, 0.25) is 0 Å². The molecule has 1 nitrogen and oxygen atoms in total. The van der Waals surface area contributed by atoms with E-state index in [0.29, 0.717) is 0 Å². The molecule has 0 unspecified atom stereocenters. The molecule has 0 radical (unpaired) electrons. The highest BCUT2D eigenvalue weighted by atomic mass is 32.1. The zero-order valence-electron chi connectivity index (χ0n) is 22.2. The first kappa shape index (κ1) is 29.4. The monoisotopic (exact) mass is 539 g/mol. The first-order valence-electron chi connectivity index (χ1n) is 13.3. The van der Waals surface area contributed by atoms with Crippen molar-refractivity contribution in [1.29, 1.82) is 0 Å². The van der Waals surface area contributed by atoms with E-state index in [0.717, 1.165) is 0 Å². The Balaban J connectivity index is 0.000000208. The highest BCUT2D eigenvalue weighted by Crippen LogP contribution is 2.35. The van der Waals surface area contributed by atoms with Gasteiger partial charge < -0.3 is 4.90 Å². The Morgan fingerprint density at radius 3 is 1.66 bits per heavy atom. The van der Waals surface area contributed by atoms with Gasteiger partial charge in [-0.15, -0.1) is 22.7 Å². The van der Waals surface area contributed by atoms with Crippen molar-refractivity contribution in [2.75, 3.05) is 4.90 Å². The lowest BCUT2D eigenvalue weighted by atomic mass is 10.1. The summed E-state index contributed by atoms with van der Waals surface area (Å²) in [7, 11) is 0. The van der Waals surface area contributed by atoms with Crippen molar-refractivity contribution < 1.29 is 0 Å². The van der Waals surface area contributed by atoms with Crippen LogP contribution in [0, 0.1) is 13.8 Å². The normalized spacial score (nSPS) is 10.3. The Morgan fingerprint density at radius 1 is 0.553 bits per heavy atom. The van der Waals surface area contributed by atoms with Crippen molar-refractivity contribution in [3.8, 4) is 9.75 Å². The molecule has 0 saturated heterocycles. The van der Waals surface area contributed by atoms with Crippen molar-refractivity contribution >= 4 is 39.7 Å². The maximum absolute atomic E-state index is 2.31. The molecule has 0 aliphatic carbocycles. The third-order valence-corrected chi connectivity index (χ3v) is 8.58. The Labute approximate surface area is 238 Å². The molecule has 38 heavy (non-hydrogen) atoms. The molecule has 0 bridgehead atoms. The smallest absolute Gasteiger partial charge is 0.0461 e. The quantitative estimate of drug-likeness (QED) is 0.168. The molecule has 3 aromatic carbocycles. The third-order valence-electron chi connectivity index (χ3n) is 6.24. The molecule has 0 fully saturated rings. The minimum atomic E-state index is 0. The largest absolute Gasteiger partial charge is 0.311 e. The fraction of sp³-hybridized carbons (Fsp3) is 0.257. The Kier molecular flexibility index (Phi) is 11.9. The van der Waals surface area contributed by atoms with Crippen molar-refractivity contribution in [3.63, 3.8) is 0 Å². The second kappa shape index (κ2) is 15.3. The predicted octanol–water partition coefficient (Wildman–Crippen LogP) is 12.0. The van der Waals surface area contributed by atoms with E-state index < -0.39 is 0 Å². The van der Waals surface area contributed by atoms with E-state index in [9.17, 15) is 0 Å². The summed E-state index contributed by atoms with van der Waals surface area (Å²) in [5.41, 5.74) is 4.79. The number of unbranched alkanes of at least 4 members (excludes halogenated alkanes) is 3. The molecule has 0 atom stereocenters. The lowest BCUT2D eigenvalue weighted by Gasteiger charge is -2.25. The highest BCUT2D eigenvalue weighted by Gasteiger charge is 2.11.